The van der Waals surface area contributed by atoms with E-state index in [1.807, 2.05) is 121 Å². The number of benzene rings is 8. The van der Waals surface area contributed by atoms with Crippen molar-refractivity contribution in [2.45, 2.75) is 0 Å². The summed E-state index contributed by atoms with van der Waals surface area (Å²) in [6.45, 7) is 0. The Bertz CT molecular complexity index is 2730. The van der Waals surface area contributed by atoms with Crippen molar-refractivity contribution in [2.24, 2.45) is 0 Å². The van der Waals surface area contributed by atoms with Crippen molar-refractivity contribution in [3.05, 3.63) is 231 Å². The number of nitrogens with zero attached hydrogens (tertiary/aromatic N) is 6. The molecule has 0 N–H and O–H groups in total. The van der Waals surface area contributed by atoms with E-state index in [9.17, 15) is 0 Å². The lowest BCUT2D eigenvalue weighted by molar-refractivity contribution is 1.07. The Hall–Kier alpha value is -8.00. The summed E-state index contributed by atoms with van der Waals surface area (Å²) >= 11 is 0. The molecule has 0 aliphatic heterocycles. The summed E-state index contributed by atoms with van der Waals surface area (Å²) in [7, 11) is -3.08. The molecule has 0 unspecified atom stereocenters. The van der Waals surface area contributed by atoms with Gasteiger partial charge in [-0.3, -0.25) is 0 Å². The van der Waals surface area contributed by atoms with Gasteiger partial charge in [0.05, 0.1) is 0 Å². The van der Waals surface area contributed by atoms with E-state index >= 15 is 0 Å². The first kappa shape index (κ1) is 37.3. The third kappa shape index (κ3) is 7.46. The number of aromatic nitrogens is 6. The Morgan fingerprint density at radius 1 is 0.197 bits per heavy atom. The van der Waals surface area contributed by atoms with Crippen LogP contribution in [-0.4, -0.2) is 38.0 Å². The second kappa shape index (κ2) is 16.7. The summed E-state index contributed by atoms with van der Waals surface area (Å²) in [5, 5.41) is 4.86. The zero-order valence-corrected chi connectivity index (χ0v) is 34.1. The average molecular weight is 799 g/mol. The van der Waals surface area contributed by atoms with Gasteiger partial charge < -0.3 is 0 Å². The van der Waals surface area contributed by atoms with E-state index in [4.69, 9.17) is 29.9 Å². The second-order valence-electron chi connectivity index (χ2n) is 14.7. The number of rotatable bonds is 10. The molecule has 0 aliphatic carbocycles. The Balaban J connectivity index is 1.20. The fourth-order valence-corrected chi connectivity index (χ4v) is 12.9. The van der Waals surface area contributed by atoms with E-state index in [1.54, 1.807) is 0 Å². The molecule has 0 bridgehead atoms. The van der Waals surface area contributed by atoms with E-state index in [-0.39, 0.29) is 0 Å². The summed E-state index contributed by atoms with van der Waals surface area (Å²) in [5.41, 5.74) is 5.53. The van der Waals surface area contributed by atoms with Crippen LogP contribution in [0.1, 0.15) is 0 Å². The SMILES string of the molecule is c1ccc(-c2nc(-c3ccccc3)nc(-c3cccc([Si](c4ccccc4)(c4ccccc4)c4cccc(-c5nc(-c6ccccc6)nc(-c6ccccc6)n5)c4)c3)n2)cc1. The van der Waals surface area contributed by atoms with E-state index in [2.05, 4.69) is 109 Å². The largest absolute Gasteiger partial charge is 0.208 e. The van der Waals surface area contributed by atoms with Crippen molar-refractivity contribution in [1.82, 2.24) is 29.9 Å². The molecule has 6 nitrogen and oxygen atoms in total. The molecule has 8 aromatic carbocycles. The highest BCUT2D eigenvalue weighted by Crippen LogP contribution is 2.27. The smallest absolute Gasteiger partial charge is 0.179 e. The normalized spacial score (nSPS) is 11.3. The highest BCUT2D eigenvalue weighted by molar-refractivity contribution is 7.20. The molecular weight excluding hydrogens is 761 g/mol. The summed E-state index contributed by atoms with van der Waals surface area (Å²) in [5.74, 6) is 3.72. The van der Waals surface area contributed by atoms with Gasteiger partial charge in [0.2, 0.25) is 0 Å². The molecule has 61 heavy (non-hydrogen) atoms. The molecule has 288 valence electrons. The van der Waals surface area contributed by atoms with E-state index < -0.39 is 8.07 Å². The van der Waals surface area contributed by atoms with Gasteiger partial charge in [0.1, 0.15) is 0 Å². The maximum absolute atomic E-state index is 5.13. The van der Waals surface area contributed by atoms with Gasteiger partial charge in [-0.05, 0) is 20.7 Å². The van der Waals surface area contributed by atoms with E-state index in [1.165, 1.54) is 20.7 Å². The first-order chi connectivity index (χ1) is 30.2. The quantitative estimate of drug-likeness (QED) is 0.101. The molecule has 0 saturated heterocycles. The molecule has 0 aliphatic rings. The van der Waals surface area contributed by atoms with Crippen LogP contribution in [-0.2, 0) is 0 Å². The standard InChI is InChI=1S/C54H38N6Si/c1-7-21-39(22-8-1)49-55-50(40-23-9-2-10-24-40)58-53(57-49)43-29-19-35-47(37-43)61(45-31-15-5-16-32-45,46-33-17-6-18-34-46)48-36-20-30-44(38-48)54-59-51(41-25-11-3-12-26-41)56-52(60-54)42-27-13-4-14-28-42/h1-38H. The van der Waals surface area contributed by atoms with Crippen LogP contribution in [0.2, 0.25) is 0 Å². The minimum Gasteiger partial charge on any atom is -0.208 e. The van der Waals surface area contributed by atoms with Gasteiger partial charge in [-0.1, -0.05) is 231 Å². The van der Waals surface area contributed by atoms with Crippen LogP contribution in [0.3, 0.4) is 0 Å². The molecular formula is C54H38N6Si. The van der Waals surface area contributed by atoms with Gasteiger partial charge in [-0.25, -0.2) is 29.9 Å². The van der Waals surface area contributed by atoms with Crippen LogP contribution >= 0.6 is 0 Å². The Kier molecular flexibility index (Phi) is 10.2. The fraction of sp³-hybridized carbons (Fsp3) is 0. The van der Waals surface area contributed by atoms with Crippen LogP contribution in [0.5, 0.6) is 0 Å². The highest BCUT2D eigenvalue weighted by Gasteiger charge is 2.42. The molecule has 2 aromatic heterocycles. The summed E-state index contributed by atoms with van der Waals surface area (Å²) in [4.78, 5) is 30.5. The highest BCUT2D eigenvalue weighted by atomic mass is 28.3. The molecule has 0 saturated carbocycles. The van der Waals surface area contributed by atoms with Crippen LogP contribution < -0.4 is 20.7 Å². The number of hydrogen-bond donors (Lipinski definition) is 0. The lowest BCUT2D eigenvalue weighted by atomic mass is 10.1. The van der Waals surface area contributed by atoms with Crippen LogP contribution in [0.4, 0.5) is 0 Å². The molecule has 0 amide bonds. The predicted molar refractivity (Wildman–Crippen MR) is 249 cm³/mol. The summed E-state index contributed by atoms with van der Waals surface area (Å²) in [6.07, 6.45) is 0. The van der Waals surface area contributed by atoms with Crippen molar-refractivity contribution in [3.63, 3.8) is 0 Å². The van der Waals surface area contributed by atoms with Crippen LogP contribution in [0, 0.1) is 0 Å². The lowest BCUT2D eigenvalue weighted by Crippen LogP contribution is -2.74. The first-order valence-corrected chi connectivity index (χ1v) is 22.3. The molecule has 2 heterocycles. The fourth-order valence-electron chi connectivity index (χ4n) is 8.03. The summed E-state index contributed by atoms with van der Waals surface area (Å²) in [6, 6.07) is 79.9. The Labute approximate surface area is 356 Å². The topological polar surface area (TPSA) is 77.3 Å². The van der Waals surface area contributed by atoms with Crippen molar-refractivity contribution >= 4 is 28.8 Å². The maximum Gasteiger partial charge on any atom is 0.179 e. The monoisotopic (exact) mass is 798 g/mol. The minimum absolute atomic E-state index is 0.611. The van der Waals surface area contributed by atoms with Gasteiger partial charge in [0.15, 0.2) is 43.0 Å². The second-order valence-corrected chi connectivity index (χ2v) is 18.5. The molecule has 10 aromatic rings. The first-order valence-electron chi connectivity index (χ1n) is 20.3. The third-order valence-corrected chi connectivity index (χ3v) is 15.7. The van der Waals surface area contributed by atoms with Crippen LogP contribution in [0.15, 0.2) is 231 Å². The van der Waals surface area contributed by atoms with Crippen molar-refractivity contribution in [2.75, 3.05) is 0 Å². The molecule has 0 spiro atoms. The number of hydrogen-bond acceptors (Lipinski definition) is 6. The molecule has 0 atom stereocenters. The zero-order valence-electron chi connectivity index (χ0n) is 33.1. The average Bonchev–Trinajstić information content (AvgIpc) is 3.36. The van der Waals surface area contributed by atoms with Crippen molar-refractivity contribution in [1.29, 1.82) is 0 Å². The van der Waals surface area contributed by atoms with E-state index in [0.717, 1.165) is 33.4 Å². The Morgan fingerprint density at radius 3 is 0.689 bits per heavy atom. The van der Waals surface area contributed by atoms with Gasteiger partial charge in [-0.2, -0.15) is 0 Å². The zero-order chi connectivity index (χ0) is 40.9. The van der Waals surface area contributed by atoms with E-state index in [0.29, 0.717) is 34.9 Å². The molecule has 0 radical (unpaired) electrons. The van der Waals surface area contributed by atoms with Gasteiger partial charge in [-0.15, -0.1) is 0 Å². The summed E-state index contributed by atoms with van der Waals surface area (Å²) < 4.78 is 0. The third-order valence-electron chi connectivity index (χ3n) is 10.9. The van der Waals surface area contributed by atoms with Gasteiger partial charge >= 0.3 is 0 Å². The van der Waals surface area contributed by atoms with Crippen LogP contribution in [0.25, 0.3) is 68.3 Å². The lowest BCUT2D eigenvalue weighted by Gasteiger charge is -2.35. The van der Waals surface area contributed by atoms with Crippen molar-refractivity contribution < 1.29 is 0 Å². The predicted octanol–water partition coefficient (Wildman–Crippen LogP) is 9.44. The minimum atomic E-state index is -3.08. The molecule has 0 fully saturated rings. The molecule has 10 rings (SSSR count). The molecule has 7 heteroatoms. The Morgan fingerprint density at radius 2 is 0.410 bits per heavy atom. The van der Waals surface area contributed by atoms with Gasteiger partial charge in [0.25, 0.3) is 0 Å². The van der Waals surface area contributed by atoms with Crippen molar-refractivity contribution in [3.8, 4) is 68.3 Å². The van der Waals surface area contributed by atoms with Gasteiger partial charge in [0, 0.05) is 33.4 Å². The maximum atomic E-state index is 5.13.